The molecule has 0 saturated carbocycles. The van der Waals surface area contributed by atoms with Crippen LogP contribution in [0.1, 0.15) is 38.2 Å². The largest absolute Gasteiger partial charge is 0.445 e. The summed E-state index contributed by atoms with van der Waals surface area (Å²) < 4.78 is 5.38. The SMILES string of the molecule is CCCC1CCCN1C(=O)OCc1ccccc1. The molecule has 0 radical (unpaired) electrons. The van der Waals surface area contributed by atoms with E-state index in [0.717, 1.165) is 37.8 Å². The molecule has 98 valence electrons. The van der Waals surface area contributed by atoms with E-state index < -0.39 is 0 Å². The summed E-state index contributed by atoms with van der Waals surface area (Å²) in [6.07, 6.45) is 4.27. The van der Waals surface area contributed by atoms with Crippen LogP contribution in [0, 0.1) is 0 Å². The zero-order valence-corrected chi connectivity index (χ0v) is 11.0. The van der Waals surface area contributed by atoms with Gasteiger partial charge in [-0.05, 0) is 24.8 Å². The van der Waals surface area contributed by atoms with Gasteiger partial charge >= 0.3 is 6.09 Å². The van der Waals surface area contributed by atoms with Gasteiger partial charge in [0.05, 0.1) is 0 Å². The third-order valence-corrected chi connectivity index (χ3v) is 3.44. The number of hydrogen-bond acceptors (Lipinski definition) is 2. The number of likely N-dealkylation sites (tertiary alicyclic amines) is 1. The molecular weight excluding hydrogens is 226 g/mol. The molecule has 18 heavy (non-hydrogen) atoms. The van der Waals surface area contributed by atoms with Crippen molar-refractivity contribution in [2.75, 3.05) is 6.54 Å². The van der Waals surface area contributed by atoms with Crippen LogP contribution in [0.25, 0.3) is 0 Å². The standard InChI is InChI=1S/C15H21NO2/c1-2-7-14-10-6-11-16(14)15(17)18-12-13-8-4-3-5-9-13/h3-5,8-9,14H,2,6-7,10-12H2,1H3. The summed E-state index contributed by atoms with van der Waals surface area (Å²) >= 11 is 0. The van der Waals surface area contributed by atoms with Crippen molar-refractivity contribution in [2.45, 2.75) is 45.3 Å². The molecule has 0 bridgehead atoms. The summed E-state index contributed by atoms with van der Waals surface area (Å²) in [4.78, 5) is 13.9. The monoisotopic (exact) mass is 247 g/mol. The van der Waals surface area contributed by atoms with Gasteiger partial charge in [0.25, 0.3) is 0 Å². The number of ether oxygens (including phenoxy) is 1. The Hall–Kier alpha value is -1.51. The highest BCUT2D eigenvalue weighted by atomic mass is 16.6. The molecule has 1 unspecified atom stereocenters. The third kappa shape index (κ3) is 3.25. The lowest BCUT2D eigenvalue weighted by Gasteiger charge is -2.23. The Balaban J connectivity index is 1.84. The molecule has 1 aliphatic heterocycles. The lowest BCUT2D eigenvalue weighted by molar-refractivity contribution is 0.0907. The number of nitrogens with zero attached hydrogens (tertiary/aromatic N) is 1. The topological polar surface area (TPSA) is 29.5 Å². The average Bonchev–Trinajstić information content (AvgIpc) is 2.86. The Kier molecular flexibility index (Phi) is 4.62. The van der Waals surface area contributed by atoms with E-state index in [1.807, 2.05) is 35.2 Å². The molecule has 1 saturated heterocycles. The van der Waals surface area contributed by atoms with Gasteiger partial charge in [0.2, 0.25) is 0 Å². The third-order valence-electron chi connectivity index (χ3n) is 3.44. The van der Waals surface area contributed by atoms with Crippen molar-refractivity contribution in [2.24, 2.45) is 0 Å². The van der Waals surface area contributed by atoms with Crippen LogP contribution in [0.4, 0.5) is 4.79 Å². The molecule has 2 rings (SSSR count). The molecular formula is C15H21NO2. The number of amides is 1. The van der Waals surface area contributed by atoms with Gasteiger partial charge in [0.15, 0.2) is 0 Å². The summed E-state index contributed by atoms with van der Waals surface area (Å²) in [5, 5.41) is 0. The molecule has 1 heterocycles. The highest BCUT2D eigenvalue weighted by Crippen LogP contribution is 2.22. The van der Waals surface area contributed by atoms with E-state index in [9.17, 15) is 4.79 Å². The van der Waals surface area contributed by atoms with Crippen LogP contribution >= 0.6 is 0 Å². The van der Waals surface area contributed by atoms with E-state index in [0.29, 0.717) is 12.6 Å². The molecule has 1 fully saturated rings. The van der Waals surface area contributed by atoms with Gasteiger partial charge in [0.1, 0.15) is 6.61 Å². The minimum Gasteiger partial charge on any atom is -0.445 e. The van der Waals surface area contributed by atoms with Gasteiger partial charge < -0.3 is 9.64 Å². The van der Waals surface area contributed by atoms with E-state index in [-0.39, 0.29) is 6.09 Å². The smallest absolute Gasteiger partial charge is 0.410 e. The maximum absolute atomic E-state index is 12.0. The number of benzene rings is 1. The van der Waals surface area contributed by atoms with Crippen LogP contribution in [0.2, 0.25) is 0 Å². The van der Waals surface area contributed by atoms with Gasteiger partial charge in [-0.3, -0.25) is 0 Å². The van der Waals surface area contributed by atoms with Crippen molar-refractivity contribution in [3.05, 3.63) is 35.9 Å². The van der Waals surface area contributed by atoms with Crippen molar-refractivity contribution < 1.29 is 9.53 Å². The first-order chi connectivity index (χ1) is 8.81. The van der Waals surface area contributed by atoms with Gasteiger partial charge in [-0.1, -0.05) is 43.7 Å². The first kappa shape index (κ1) is 12.9. The molecule has 0 aromatic heterocycles. The van der Waals surface area contributed by atoms with E-state index >= 15 is 0 Å². The van der Waals surface area contributed by atoms with Crippen LogP contribution in [0.15, 0.2) is 30.3 Å². The van der Waals surface area contributed by atoms with Crippen LogP contribution < -0.4 is 0 Å². The van der Waals surface area contributed by atoms with E-state index in [1.165, 1.54) is 0 Å². The zero-order chi connectivity index (χ0) is 12.8. The van der Waals surface area contributed by atoms with Crippen molar-refractivity contribution >= 4 is 6.09 Å². The lowest BCUT2D eigenvalue weighted by atomic mass is 10.1. The maximum Gasteiger partial charge on any atom is 0.410 e. The normalized spacial score (nSPS) is 18.9. The van der Waals surface area contributed by atoms with Gasteiger partial charge in [-0.2, -0.15) is 0 Å². The van der Waals surface area contributed by atoms with Crippen molar-refractivity contribution in [1.82, 2.24) is 4.90 Å². The fraction of sp³-hybridized carbons (Fsp3) is 0.533. The lowest BCUT2D eigenvalue weighted by Crippen LogP contribution is -2.35. The number of hydrogen-bond donors (Lipinski definition) is 0. The number of carbonyl (C=O) groups is 1. The fourth-order valence-electron chi connectivity index (χ4n) is 2.51. The molecule has 3 heteroatoms. The molecule has 1 aromatic carbocycles. The van der Waals surface area contributed by atoms with Crippen molar-refractivity contribution in [3.63, 3.8) is 0 Å². The second-order valence-electron chi connectivity index (χ2n) is 4.82. The highest BCUT2D eigenvalue weighted by molar-refractivity contribution is 5.68. The van der Waals surface area contributed by atoms with Gasteiger partial charge in [0, 0.05) is 12.6 Å². The molecule has 0 aliphatic carbocycles. The zero-order valence-electron chi connectivity index (χ0n) is 11.0. The van der Waals surface area contributed by atoms with E-state index in [4.69, 9.17) is 4.74 Å². The second kappa shape index (κ2) is 6.43. The molecule has 1 aromatic rings. The quantitative estimate of drug-likeness (QED) is 0.813. The predicted molar refractivity (Wildman–Crippen MR) is 71.3 cm³/mol. The first-order valence-corrected chi connectivity index (χ1v) is 6.78. The Morgan fingerprint density at radius 1 is 1.39 bits per heavy atom. The Labute approximate surface area is 109 Å². The van der Waals surface area contributed by atoms with Gasteiger partial charge in [-0.25, -0.2) is 4.79 Å². The average molecular weight is 247 g/mol. The van der Waals surface area contributed by atoms with E-state index in [2.05, 4.69) is 6.92 Å². The summed E-state index contributed by atoms with van der Waals surface area (Å²) in [6, 6.07) is 10.2. The second-order valence-corrected chi connectivity index (χ2v) is 4.82. The number of rotatable bonds is 4. The Morgan fingerprint density at radius 2 is 2.17 bits per heavy atom. The van der Waals surface area contributed by atoms with E-state index in [1.54, 1.807) is 0 Å². The summed E-state index contributed by atoms with van der Waals surface area (Å²) in [6.45, 7) is 3.37. The first-order valence-electron chi connectivity index (χ1n) is 6.78. The fourth-order valence-corrected chi connectivity index (χ4v) is 2.51. The molecule has 3 nitrogen and oxygen atoms in total. The summed E-state index contributed by atoms with van der Waals surface area (Å²) in [7, 11) is 0. The Bertz CT molecular complexity index is 377. The molecule has 1 amide bonds. The van der Waals surface area contributed by atoms with Gasteiger partial charge in [-0.15, -0.1) is 0 Å². The predicted octanol–water partition coefficient (Wildman–Crippen LogP) is 3.59. The van der Waals surface area contributed by atoms with Crippen molar-refractivity contribution in [3.8, 4) is 0 Å². The molecule has 0 spiro atoms. The molecule has 1 aliphatic rings. The highest BCUT2D eigenvalue weighted by Gasteiger charge is 2.28. The summed E-state index contributed by atoms with van der Waals surface area (Å²) in [5.41, 5.74) is 1.04. The van der Waals surface area contributed by atoms with Crippen LogP contribution in [-0.4, -0.2) is 23.6 Å². The minimum absolute atomic E-state index is 0.158. The van der Waals surface area contributed by atoms with Crippen LogP contribution in [-0.2, 0) is 11.3 Å². The molecule has 1 atom stereocenters. The Morgan fingerprint density at radius 3 is 2.89 bits per heavy atom. The summed E-state index contributed by atoms with van der Waals surface area (Å²) in [5.74, 6) is 0. The number of carbonyl (C=O) groups excluding carboxylic acids is 1. The van der Waals surface area contributed by atoms with Crippen molar-refractivity contribution in [1.29, 1.82) is 0 Å². The van der Waals surface area contributed by atoms with Crippen LogP contribution in [0.5, 0.6) is 0 Å². The maximum atomic E-state index is 12.0. The van der Waals surface area contributed by atoms with Crippen LogP contribution in [0.3, 0.4) is 0 Å². The minimum atomic E-state index is -0.158. The molecule has 0 N–H and O–H groups in total.